The summed E-state index contributed by atoms with van der Waals surface area (Å²) in [6, 6.07) is 26.0. The van der Waals surface area contributed by atoms with Crippen LogP contribution >= 0.6 is 0 Å². The Morgan fingerprint density at radius 2 is 1.57 bits per heavy atom. The summed E-state index contributed by atoms with van der Waals surface area (Å²) in [5.74, 6) is -0.00503. The number of carbonyl (C=O) groups is 2. The molecule has 1 saturated heterocycles. The first-order valence-corrected chi connectivity index (χ1v) is 11.7. The first-order chi connectivity index (χ1) is 18.0. The summed E-state index contributed by atoms with van der Waals surface area (Å²) in [5, 5.41) is 11.3. The van der Waals surface area contributed by atoms with Crippen LogP contribution < -0.4 is 9.47 Å². The first-order valence-electron chi connectivity index (χ1n) is 11.7. The first kappa shape index (κ1) is 23.8. The molecule has 0 aliphatic carbocycles. The number of benzene rings is 3. The molecule has 0 spiro atoms. The standard InChI is InChI=1S/C30H24N2O5/c1-36-24-11-6-8-22(18-24)28(33)26-27(32(30(35)29(26)34)19-20-13-15-31-16-14-20)21-7-5-12-25(17-21)37-23-9-3-2-4-10-23/h2-18,27,33H,19H2,1H3/b28-26-. The maximum atomic E-state index is 13.4. The zero-order valence-corrected chi connectivity index (χ0v) is 20.1. The van der Waals surface area contributed by atoms with Crippen LogP contribution in [0, 0.1) is 0 Å². The van der Waals surface area contributed by atoms with Gasteiger partial charge < -0.3 is 19.5 Å². The predicted molar refractivity (Wildman–Crippen MR) is 138 cm³/mol. The van der Waals surface area contributed by atoms with Crippen LogP contribution in [0.3, 0.4) is 0 Å². The number of hydrogen-bond donors (Lipinski definition) is 1. The fourth-order valence-electron chi connectivity index (χ4n) is 4.37. The van der Waals surface area contributed by atoms with Crippen LogP contribution in [0.15, 0.2) is 109 Å². The zero-order valence-electron chi connectivity index (χ0n) is 20.1. The molecular formula is C30H24N2O5. The van der Waals surface area contributed by atoms with Crippen molar-refractivity contribution in [2.75, 3.05) is 7.11 Å². The number of aliphatic hydroxyl groups excluding tert-OH is 1. The summed E-state index contributed by atoms with van der Waals surface area (Å²) in [7, 11) is 1.52. The number of para-hydroxylation sites is 1. The molecule has 1 fully saturated rings. The highest BCUT2D eigenvalue weighted by molar-refractivity contribution is 6.46. The van der Waals surface area contributed by atoms with Gasteiger partial charge in [-0.1, -0.05) is 42.5 Å². The minimum absolute atomic E-state index is 0.00386. The Hall–Kier alpha value is -4.91. The second kappa shape index (κ2) is 10.4. The van der Waals surface area contributed by atoms with Crippen LogP contribution in [-0.4, -0.2) is 33.8 Å². The lowest BCUT2D eigenvalue weighted by Crippen LogP contribution is -2.29. The summed E-state index contributed by atoms with van der Waals surface area (Å²) >= 11 is 0. The Bertz CT molecular complexity index is 1470. The van der Waals surface area contributed by atoms with Gasteiger partial charge in [0.2, 0.25) is 0 Å². The third kappa shape index (κ3) is 4.92. The van der Waals surface area contributed by atoms with Crippen molar-refractivity contribution in [3.63, 3.8) is 0 Å². The Morgan fingerprint density at radius 3 is 2.32 bits per heavy atom. The number of amides is 1. The third-order valence-electron chi connectivity index (χ3n) is 6.14. The lowest BCUT2D eigenvalue weighted by molar-refractivity contribution is -0.140. The molecule has 1 aromatic heterocycles. The molecule has 3 aromatic carbocycles. The molecule has 0 radical (unpaired) electrons. The molecule has 1 N–H and O–H groups in total. The van der Waals surface area contributed by atoms with Crippen LogP contribution in [0.25, 0.3) is 5.76 Å². The molecular weight excluding hydrogens is 468 g/mol. The quantitative estimate of drug-likeness (QED) is 0.208. The molecule has 1 aliphatic rings. The monoisotopic (exact) mass is 492 g/mol. The van der Waals surface area contributed by atoms with Crippen LogP contribution in [-0.2, 0) is 16.1 Å². The van der Waals surface area contributed by atoms with Gasteiger partial charge in [0.1, 0.15) is 23.0 Å². The molecule has 1 aliphatic heterocycles. The van der Waals surface area contributed by atoms with Gasteiger partial charge in [-0.2, -0.15) is 0 Å². The van der Waals surface area contributed by atoms with Gasteiger partial charge >= 0.3 is 0 Å². The number of aliphatic hydroxyl groups is 1. The van der Waals surface area contributed by atoms with Crippen LogP contribution in [0.2, 0.25) is 0 Å². The number of likely N-dealkylation sites (tertiary alicyclic amines) is 1. The van der Waals surface area contributed by atoms with Crippen molar-refractivity contribution >= 4 is 17.4 Å². The topological polar surface area (TPSA) is 89.0 Å². The number of ketones is 1. The highest BCUT2D eigenvalue weighted by Crippen LogP contribution is 2.41. The van der Waals surface area contributed by atoms with E-state index < -0.39 is 17.7 Å². The minimum atomic E-state index is -0.835. The highest BCUT2D eigenvalue weighted by Gasteiger charge is 2.46. The molecule has 5 rings (SSSR count). The molecule has 7 nitrogen and oxygen atoms in total. The summed E-state index contributed by atoms with van der Waals surface area (Å²) in [6.07, 6.45) is 3.26. The predicted octanol–water partition coefficient (Wildman–Crippen LogP) is 5.50. The number of ether oxygens (including phenoxy) is 2. The summed E-state index contributed by atoms with van der Waals surface area (Å²) in [4.78, 5) is 32.1. The molecule has 2 heterocycles. The Balaban J connectivity index is 1.62. The largest absolute Gasteiger partial charge is 0.507 e. The van der Waals surface area contributed by atoms with Crippen LogP contribution in [0.5, 0.6) is 17.2 Å². The summed E-state index contributed by atoms with van der Waals surface area (Å²) < 4.78 is 11.3. The normalized spacial score (nSPS) is 16.6. The van der Waals surface area contributed by atoms with Crippen molar-refractivity contribution in [1.82, 2.24) is 9.88 Å². The lowest BCUT2D eigenvalue weighted by Gasteiger charge is -2.25. The van der Waals surface area contributed by atoms with Gasteiger partial charge in [0.05, 0.1) is 18.7 Å². The SMILES string of the molecule is COc1cccc(/C(O)=C2/C(=O)C(=O)N(Cc3ccncc3)C2c2cccc(Oc3ccccc3)c2)c1. The van der Waals surface area contributed by atoms with Crippen molar-refractivity contribution < 1.29 is 24.2 Å². The van der Waals surface area contributed by atoms with Crippen molar-refractivity contribution in [3.8, 4) is 17.2 Å². The minimum Gasteiger partial charge on any atom is -0.507 e. The average Bonchev–Trinajstić information content (AvgIpc) is 3.19. The van der Waals surface area contributed by atoms with Gasteiger partial charge in [-0.25, -0.2) is 0 Å². The summed E-state index contributed by atoms with van der Waals surface area (Å²) in [6.45, 7) is 0.163. The van der Waals surface area contributed by atoms with Crippen molar-refractivity contribution in [1.29, 1.82) is 0 Å². The van der Waals surface area contributed by atoms with Crippen LogP contribution in [0.4, 0.5) is 0 Å². The number of pyridine rings is 1. The Labute approximate surface area is 214 Å². The highest BCUT2D eigenvalue weighted by atomic mass is 16.5. The van der Waals surface area contributed by atoms with Gasteiger partial charge in [0, 0.05) is 24.5 Å². The van der Waals surface area contributed by atoms with E-state index in [2.05, 4.69) is 4.98 Å². The fourth-order valence-corrected chi connectivity index (χ4v) is 4.37. The number of carbonyl (C=O) groups excluding carboxylic acids is 2. The zero-order chi connectivity index (χ0) is 25.8. The lowest BCUT2D eigenvalue weighted by atomic mass is 9.95. The molecule has 184 valence electrons. The van der Waals surface area contributed by atoms with E-state index in [1.807, 2.05) is 36.4 Å². The van der Waals surface area contributed by atoms with Gasteiger partial charge in [-0.05, 0) is 59.7 Å². The van der Waals surface area contributed by atoms with Crippen molar-refractivity contribution in [2.45, 2.75) is 12.6 Å². The van der Waals surface area contributed by atoms with E-state index in [1.165, 1.54) is 12.0 Å². The van der Waals surface area contributed by atoms with Crippen molar-refractivity contribution in [2.24, 2.45) is 0 Å². The van der Waals surface area contributed by atoms with E-state index >= 15 is 0 Å². The maximum absolute atomic E-state index is 13.4. The number of methoxy groups -OCH3 is 1. The van der Waals surface area contributed by atoms with Gasteiger partial charge in [0.15, 0.2) is 0 Å². The van der Waals surface area contributed by atoms with E-state index in [9.17, 15) is 14.7 Å². The van der Waals surface area contributed by atoms with Gasteiger partial charge in [-0.3, -0.25) is 14.6 Å². The number of nitrogens with zero attached hydrogens (tertiary/aromatic N) is 2. The van der Waals surface area contributed by atoms with E-state index in [-0.39, 0.29) is 17.9 Å². The molecule has 37 heavy (non-hydrogen) atoms. The molecule has 1 unspecified atom stereocenters. The second-order valence-corrected chi connectivity index (χ2v) is 8.50. The van der Waals surface area contributed by atoms with Crippen LogP contribution in [0.1, 0.15) is 22.7 Å². The van der Waals surface area contributed by atoms with E-state index in [4.69, 9.17) is 9.47 Å². The Morgan fingerprint density at radius 1 is 0.865 bits per heavy atom. The molecule has 0 saturated carbocycles. The average molecular weight is 493 g/mol. The van der Waals surface area contributed by atoms with Gasteiger partial charge in [0.25, 0.3) is 11.7 Å². The molecule has 1 atom stereocenters. The smallest absolute Gasteiger partial charge is 0.295 e. The second-order valence-electron chi connectivity index (χ2n) is 8.50. The molecule has 0 bridgehead atoms. The van der Waals surface area contributed by atoms with Gasteiger partial charge in [-0.15, -0.1) is 0 Å². The number of Topliss-reactive ketones (excluding diaryl/α,β-unsaturated/α-hetero) is 1. The number of hydrogen-bond acceptors (Lipinski definition) is 6. The summed E-state index contributed by atoms with van der Waals surface area (Å²) in [5.41, 5.74) is 1.82. The fraction of sp³-hybridized carbons (Fsp3) is 0.100. The van der Waals surface area contributed by atoms with E-state index in [1.54, 1.807) is 67.0 Å². The molecule has 1 amide bonds. The number of aromatic nitrogens is 1. The molecule has 4 aromatic rings. The number of rotatable bonds is 7. The van der Waals surface area contributed by atoms with E-state index in [0.29, 0.717) is 28.4 Å². The van der Waals surface area contributed by atoms with Crippen molar-refractivity contribution in [3.05, 3.63) is 126 Å². The molecule has 7 heteroatoms. The van der Waals surface area contributed by atoms with E-state index in [0.717, 1.165) is 5.56 Å². The third-order valence-corrected chi connectivity index (χ3v) is 6.14. The Kier molecular flexibility index (Phi) is 6.68. The maximum Gasteiger partial charge on any atom is 0.295 e.